The number of anilines is 1. The maximum absolute atomic E-state index is 13.1. The molecule has 0 amide bonds. The number of fused-ring (bicyclic) bond motifs is 1. The minimum atomic E-state index is -3.99. The first-order chi connectivity index (χ1) is 15.0. The topological polar surface area (TPSA) is 112 Å². The molecule has 0 atom stereocenters. The van der Waals surface area contributed by atoms with E-state index in [0.717, 1.165) is 22.3 Å². The summed E-state index contributed by atoms with van der Waals surface area (Å²) in [5.74, 6) is 0. The summed E-state index contributed by atoms with van der Waals surface area (Å²) in [6, 6.07) is 13.9. The zero-order chi connectivity index (χ0) is 23.2. The zero-order valence-corrected chi connectivity index (χ0v) is 19.1. The van der Waals surface area contributed by atoms with Gasteiger partial charge in [0, 0.05) is 5.56 Å². The molecule has 4 aromatic rings. The molecule has 0 radical (unpaired) electrons. The molecule has 0 spiro atoms. The summed E-state index contributed by atoms with van der Waals surface area (Å²) in [7, 11) is -3.99. The number of hydrogen-bond acceptors (Lipinski definition) is 4. The molecule has 0 aliphatic heterocycles. The summed E-state index contributed by atoms with van der Waals surface area (Å²) >= 11 is 6.48. The molecule has 164 valence electrons. The molecule has 1 aromatic heterocycles. The lowest BCUT2D eigenvalue weighted by atomic mass is 10.0. The zero-order valence-electron chi connectivity index (χ0n) is 17.5. The number of sulfonamides is 1. The van der Waals surface area contributed by atoms with Gasteiger partial charge in [-0.25, -0.2) is 8.42 Å². The van der Waals surface area contributed by atoms with E-state index in [1.54, 1.807) is 25.1 Å². The monoisotopic (exact) mass is 469 g/mol. The van der Waals surface area contributed by atoms with Gasteiger partial charge in [0.1, 0.15) is 0 Å². The number of halogens is 1. The predicted molar refractivity (Wildman–Crippen MR) is 127 cm³/mol. The Morgan fingerprint density at radius 2 is 1.41 bits per heavy atom. The molecule has 0 aliphatic carbocycles. The van der Waals surface area contributed by atoms with E-state index in [1.807, 2.05) is 26.0 Å². The van der Waals surface area contributed by atoms with Crippen LogP contribution in [0.5, 0.6) is 0 Å². The fourth-order valence-corrected chi connectivity index (χ4v) is 5.29. The average molecular weight is 470 g/mol. The summed E-state index contributed by atoms with van der Waals surface area (Å²) < 4.78 is 28.6. The number of hydrogen-bond donors (Lipinski definition) is 3. The van der Waals surface area contributed by atoms with Crippen LogP contribution in [0.2, 0.25) is 5.02 Å². The van der Waals surface area contributed by atoms with Gasteiger partial charge in [-0.15, -0.1) is 0 Å². The summed E-state index contributed by atoms with van der Waals surface area (Å²) in [5.41, 5.74) is 3.56. The largest absolute Gasteiger partial charge is 0.316 e. The minimum absolute atomic E-state index is 0.0257. The highest BCUT2D eigenvalue weighted by Gasteiger charge is 2.19. The van der Waals surface area contributed by atoms with Crippen LogP contribution in [0.3, 0.4) is 0 Å². The predicted octanol–water partition coefficient (Wildman–Crippen LogP) is 4.26. The molecule has 0 fully saturated rings. The summed E-state index contributed by atoms with van der Waals surface area (Å²) in [6.45, 7) is 5.61. The molecule has 0 unspecified atom stereocenters. The Balaban J connectivity index is 1.71. The molecule has 0 saturated heterocycles. The van der Waals surface area contributed by atoms with E-state index in [9.17, 15) is 18.0 Å². The van der Waals surface area contributed by atoms with Crippen LogP contribution in [0.25, 0.3) is 22.2 Å². The standard InChI is InChI=1S/C23H20ClN3O4S/c1-12-6-13(2)8-15(7-12)17-5-4-16(10-18(17)24)27-32(30,31)21-11-20-19(9-14(21)3)25-22(28)23(29)26-20/h4-11,27H,1-3H3,(H,25,28)(H,26,29). The van der Waals surface area contributed by atoms with Gasteiger partial charge in [0.05, 0.1) is 26.6 Å². The summed E-state index contributed by atoms with van der Waals surface area (Å²) in [6.07, 6.45) is 0. The molecule has 4 rings (SSSR count). The second-order valence-electron chi connectivity index (χ2n) is 7.75. The van der Waals surface area contributed by atoms with Crippen LogP contribution in [0, 0.1) is 20.8 Å². The number of H-pyrrole nitrogens is 2. The number of aryl methyl sites for hydroxylation is 3. The molecule has 0 bridgehead atoms. The van der Waals surface area contributed by atoms with Gasteiger partial charge in [-0.05, 0) is 56.2 Å². The number of aromatic nitrogens is 2. The molecule has 3 aromatic carbocycles. The van der Waals surface area contributed by atoms with Crippen molar-refractivity contribution >= 4 is 38.3 Å². The number of aromatic amines is 2. The third-order valence-corrected chi connectivity index (χ3v) is 6.90. The van der Waals surface area contributed by atoms with Crippen molar-refractivity contribution in [2.75, 3.05) is 4.72 Å². The summed E-state index contributed by atoms with van der Waals surface area (Å²) in [5, 5.41) is 0.410. The van der Waals surface area contributed by atoms with Crippen molar-refractivity contribution in [3.63, 3.8) is 0 Å². The molecule has 32 heavy (non-hydrogen) atoms. The fourth-order valence-electron chi connectivity index (χ4n) is 3.70. The first-order valence-corrected chi connectivity index (χ1v) is 11.6. The Kier molecular flexibility index (Phi) is 5.44. The Morgan fingerprint density at radius 3 is 2.00 bits per heavy atom. The van der Waals surface area contributed by atoms with E-state index in [0.29, 0.717) is 21.8 Å². The highest BCUT2D eigenvalue weighted by atomic mass is 35.5. The third kappa shape index (κ3) is 4.19. The van der Waals surface area contributed by atoms with E-state index in [1.165, 1.54) is 12.1 Å². The van der Waals surface area contributed by atoms with Gasteiger partial charge in [-0.1, -0.05) is 47.0 Å². The second kappa shape index (κ2) is 7.96. The fraction of sp³-hybridized carbons (Fsp3) is 0.130. The molecule has 9 heteroatoms. The lowest BCUT2D eigenvalue weighted by molar-refractivity contribution is 0.600. The van der Waals surface area contributed by atoms with Crippen molar-refractivity contribution in [3.8, 4) is 11.1 Å². The van der Waals surface area contributed by atoms with E-state index < -0.39 is 21.1 Å². The maximum Gasteiger partial charge on any atom is 0.314 e. The Hall–Kier alpha value is -3.36. The van der Waals surface area contributed by atoms with Crippen molar-refractivity contribution in [2.24, 2.45) is 0 Å². The maximum atomic E-state index is 13.1. The molecule has 3 N–H and O–H groups in total. The summed E-state index contributed by atoms with van der Waals surface area (Å²) in [4.78, 5) is 27.9. The SMILES string of the molecule is Cc1cc(C)cc(-c2ccc(NS(=O)(=O)c3cc4[nH]c(=O)c(=O)[nH]c4cc3C)cc2Cl)c1. The second-order valence-corrected chi connectivity index (χ2v) is 9.81. The molecule has 1 heterocycles. The van der Waals surface area contributed by atoms with Crippen LogP contribution in [-0.2, 0) is 10.0 Å². The van der Waals surface area contributed by atoms with Crippen LogP contribution >= 0.6 is 11.6 Å². The lowest BCUT2D eigenvalue weighted by Crippen LogP contribution is -2.29. The molecular weight excluding hydrogens is 450 g/mol. The van der Waals surface area contributed by atoms with Gasteiger partial charge in [-0.3, -0.25) is 14.3 Å². The van der Waals surface area contributed by atoms with Gasteiger partial charge < -0.3 is 9.97 Å². The van der Waals surface area contributed by atoms with Crippen LogP contribution in [0.15, 0.2) is 63.0 Å². The van der Waals surface area contributed by atoms with Crippen LogP contribution in [0.1, 0.15) is 16.7 Å². The van der Waals surface area contributed by atoms with Gasteiger partial charge in [0.2, 0.25) is 0 Å². The number of nitrogens with one attached hydrogen (secondary N) is 3. The van der Waals surface area contributed by atoms with Crippen molar-refractivity contribution in [1.29, 1.82) is 0 Å². The van der Waals surface area contributed by atoms with E-state index in [-0.39, 0.29) is 10.4 Å². The van der Waals surface area contributed by atoms with Gasteiger partial charge in [0.25, 0.3) is 10.0 Å². The van der Waals surface area contributed by atoms with Gasteiger partial charge >= 0.3 is 11.1 Å². The van der Waals surface area contributed by atoms with Crippen LogP contribution < -0.4 is 15.8 Å². The van der Waals surface area contributed by atoms with Crippen LogP contribution in [0.4, 0.5) is 5.69 Å². The van der Waals surface area contributed by atoms with E-state index in [4.69, 9.17) is 11.6 Å². The van der Waals surface area contributed by atoms with Gasteiger partial charge in [0.15, 0.2) is 0 Å². The highest BCUT2D eigenvalue weighted by Crippen LogP contribution is 2.32. The normalized spacial score (nSPS) is 11.6. The quantitative estimate of drug-likeness (QED) is 0.387. The first kappa shape index (κ1) is 21.9. The number of benzene rings is 3. The molecule has 7 nitrogen and oxygen atoms in total. The Labute approximate surface area is 189 Å². The van der Waals surface area contributed by atoms with E-state index in [2.05, 4.69) is 20.8 Å². The van der Waals surface area contributed by atoms with Gasteiger partial charge in [-0.2, -0.15) is 0 Å². The highest BCUT2D eigenvalue weighted by molar-refractivity contribution is 7.92. The Bertz CT molecular complexity index is 1580. The minimum Gasteiger partial charge on any atom is -0.316 e. The first-order valence-electron chi connectivity index (χ1n) is 9.71. The third-order valence-electron chi connectivity index (χ3n) is 5.06. The molecular formula is C23H20ClN3O4S. The Morgan fingerprint density at radius 1 is 0.812 bits per heavy atom. The average Bonchev–Trinajstić information content (AvgIpc) is 2.67. The van der Waals surface area contributed by atoms with Crippen molar-refractivity contribution in [3.05, 3.63) is 91.0 Å². The van der Waals surface area contributed by atoms with Crippen LogP contribution in [-0.4, -0.2) is 18.4 Å². The lowest BCUT2D eigenvalue weighted by Gasteiger charge is -2.13. The van der Waals surface area contributed by atoms with Crippen molar-refractivity contribution in [1.82, 2.24) is 9.97 Å². The van der Waals surface area contributed by atoms with Crippen molar-refractivity contribution in [2.45, 2.75) is 25.7 Å². The smallest absolute Gasteiger partial charge is 0.314 e. The van der Waals surface area contributed by atoms with Crippen molar-refractivity contribution < 1.29 is 8.42 Å². The molecule has 0 aliphatic rings. The number of rotatable bonds is 4. The van der Waals surface area contributed by atoms with E-state index >= 15 is 0 Å². The molecule has 0 saturated carbocycles.